The third kappa shape index (κ3) is 3.54. The van der Waals surface area contributed by atoms with E-state index in [9.17, 15) is 0 Å². The first-order valence-electron chi connectivity index (χ1n) is 4.82. The molecule has 15 heavy (non-hydrogen) atoms. The summed E-state index contributed by atoms with van der Waals surface area (Å²) >= 11 is 1.79. The van der Waals surface area contributed by atoms with E-state index >= 15 is 0 Å². The van der Waals surface area contributed by atoms with Gasteiger partial charge in [-0.25, -0.2) is 0 Å². The van der Waals surface area contributed by atoms with Gasteiger partial charge in [-0.15, -0.1) is 17.0 Å². The summed E-state index contributed by atoms with van der Waals surface area (Å²) in [5.41, 5.74) is 2.76. The lowest BCUT2D eigenvalue weighted by Gasteiger charge is -2.04. The highest BCUT2D eigenvalue weighted by molar-refractivity contribution is 8.93. The molecule has 0 aromatic heterocycles. The standard InChI is InChI=1S/C11H14N2S.BrH/c1-9-4-2-3-5-10(9)8-14-11-12-6-7-13-11;/h2-5H,6-8H2,1H3,(H,12,13);1H. The molecule has 0 fully saturated rings. The number of halogens is 1. The van der Waals surface area contributed by atoms with Crippen LogP contribution in [0.3, 0.4) is 0 Å². The second kappa shape index (κ2) is 6.18. The maximum atomic E-state index is 4.35. The first kappa shape index (κ1) is 12.6. The van der Waals surface area contributed by atoms with Gasteiger partial charge in [-0.1, -0.05) is 36.0 Å². The Labute approximate surface area is 105 Å². The summed E-state index contributed by atoms with van der Waals surface area (Å²) in [6.45, 7) is 4.08. The van der Waals surface area contributed by atoms with Crippen molar-refractivity contribution in [2.24, 2.45) is 4.99 Å². The van der Waals surface area contributed by atoms with Crippen LogP contribution < -0.4 is 5.32 Å². The van der Waals surface area contributed by atoms with Gasteiger partial charge in [0.2, 0.25) is 0 Å². The van der Waals surface area contributed by atoms with Gasteiger partial charge in [-0.2, -0.15) is 0 Å². The van der Waals surface area contributed by atoms with Gasteiger partial charge in [0, 0.05) is 12.3 Å². The molecule has 0 radical (unpaired) electrons. The summed E-state index contributed by atoms with van der Waals surface area (Å²) in [5.74, 6) is 1.01. The van der Waals surface area contributed by atoms with Gasteiger partial charge >= 0.3 is 0 Å². The van der Waals surface area contributed by atoms with Crippen molar-refractivity contribution in [1.82, 2.24) is 5.32 Å². The zero-order chi connectivity index (χ0) is 9.80. The molecule has 4 heteroatoms. The number of nitrogens with zero attached hydrogens (tertiary/aromatic N) is 1. The molecule has 0 saturated carbocycles. The summed E-state index contributed by atoms with van der Waals surface area (Å²) in [5, 5.41) is 4.35. The molecular formula is C11H15BrN2S. The third-order valence-corrected chi connectivity index (χ3v) is 3.27. The lowest BCUT2D eigenvalue weighted by molar-refractivity contribution is 0.963. The lowest BCUT2D eigenvalue weighted by atomic mass is 10.1. The van der Waals surface area contributed by atoms with Crippen molar-refractivity contribution in [1.29, 1.82) is 0 Å². The van der Waals surface area contributed by atoms with Crippen molar-refractivity contribution < 1.29 is 0 Å². The fourth-order valence-corrected chi connectivity index (χ4v) is 2.39. The van der Waals surface area contributed by atoms with E-state index < -0.39 is 0 Å². The van der Waals surface area contributed by atoms with E-state index in [0.717, 1.165) is 24.0 Å². The van der Waals surface area contributed by atoms with Crippen LogP contribution in [0.4, 0.5) is 0 Å². The van der Waals surface area contributed by atoms with Crippen molar-refractivity contribution in [3.63, 3.8) is 0 Å². The predicted octanol–water partition coefficient (Wildman–Crippen LogP) is 2.77. The van der Waals surface area contributed by atoms with E-state index in [0.29, 0.717) is 0 Å². The van der Waals surface area contributed by atoms with E-state index in [4.69, 9.17) is 0 Å². The molecule has 0 spiro atoms. The van der Waals surface area contributed by atoms with Crippen LogP contribution in [0, 0.1) is 6.92 Å². The Bertz CT molecular complexity index is 352. The van der Waals surface area contributed by atoms with Crippen LogP contribution in [0.5, 0.6) is 0 Å². The predicted molar refractivity (Wildman–Crippen MR) is 73.1 cm³/mol. The first-order chi connectivity index (χ1) is 6.86. The van der Waals surface area contributed by atoms with Crippen LogP contribution in [-0.2, 0) is 5.75 Å². The number of aliphatic imine (C=N–C) groups is 1. The number of nitrogens with one attached hydrogen (secondary N) is 1. The summed E-state index contributed by atoms with van der Waals surface area (Å²) < 4.78 is 0. The topological polar surface area (TPSA) is 24.4 Å². The molecule has 0 aliphatic carbocycles. The van der Waals surface area contributed by atoms with Crippen LogP contribution in [0.1, 0.15) is 11.1 Å². The summed E-state index contributed by atoms with van der Waals surface area (Å²) in [4.78, 5) is 4.35. The van der Waals surface area contributed by atoms with Crippen molar-refractivity contribution in [3.8, 4) is 0 Å². The smallest absolute Gasteiger partial charge is 0.157 e. The van der Waals surface area contributed by atoms with E-state index in [1.807, 2.05) is 0 Å². The second-order valence-corrected chi connectivity index (χ2v) is 4.29. The highest BCUT2D eigenvalue weighted by Gasteiger charge is 2.06. The van der Waals surface area contributed by atoms with Gasteiger partial charge in [0.05, 0.1) is 6.54 Å². The minimum absolute atomic E-state index is 0. The van der Waals surface area contributed by atoms with Gasteiger partial charge < -0.3 is 5.32 Å². The molecule has 1 aliphatic heterocycles. The van der Waals surface area contributed by atoms with Crippen LogP contribution in [0.15, 0.2) is 29.3 Å². The molecular weight excluding hydrogens is 272 g/mol. The van der Waals surface area contributed by atoms with E-state index in [1.54, 1.807) is 11.8 Å². The average molecular weight is 287 g/mol. The normalized spacial score (nSPS) is 14.1. The number of benzene rings is 1. The van der Waals surface area contributed by atoms with Gasteiger partial charge in [0.25, 0.3) is 0 Å². The summed E-state index contributed by atoms with van der Waals surface area (Å²) in [7, 11) is 0. The molecule has 1 aromatic rings. The van der Waals surface area contributed by atoms with Gasteiger partial charge in [-0.3, -0.25) is 4.99 Å². The lowest BCUT2D eigenvalue weighted by Crippen LogP contribution is -2.15. The quantitative estimate of drug-likeness (QED) is 0.904. The zero-order valence-corrected chi connectivity index (χ0v) is 11.2. The highest BCUT2D eigenvalue weighted by Crippen LogP contribution is 2.17. The van der Waals surface area contributed by atoms with Gasteiger partial charge in [0.15, 0.2) is 5.17 Å². The van der Waals surface area contributed by atoms with Crippen LogP contribution in [-0.4, -0.2) is 18.3 Å². The van der Waals surface area contributed by atoms with Crippen molar-refractivity contribution in [2.45, 2.75) is 12.7 Å². The Kier molecular flexibility index (Phi) is 5.19. The maximum Gasteiger partial charge on any atom is 0.157 e. The Morgan fingerprint density at radius 3 is 2.87 bits per heavy atom. The molecule has 1 heterocycles. The van der Waals surface area contributed by atoms with Gasteiger partial charge in [0.1, 0.15) is 0 Å². The number of aryl methyl sites for hydroxylation is 1. The Morgan fingerprint density at radius 2 is 2.20 bits per heavy atom. The van der Waals surface area contributed by atoms with E-state index in [-0.39, 0.29) is 17.0 Å². The minimum atomic E-state index is 0. The SMILES string of the molecule is Br.Cc1ccccc1CSC1=NCCN1. The van der Waals surface area contributed by atoms with Gasteiger partial charge in [-0.05, 0) is 18.1 Å². The molecule has 0 saturated heterocycles. The molecule has 0 amide bonds. The van der Waals surface area contributed by atoms with Crippen molar-refractivity contribution in [3.05, 3.63) is 35.4 Å². The van der Waals surface area contributed by atoms with E-state index in [1.165, 1.54) is 11.1 Å². The zero-order valence-electron chi connectivity index (χ0n) is 8.69. The molecule has 1 N–H and O–H groups in total. The Hall–Kier alpha value is -0.480. The van der Waals surface area contributed by atoms with E-state index in [2.05, 4.69) is 41.5 Å². The monoisotopic (exact) mass is 286 g/mol. The molecule has 0 unspecified atom stereocenters. The Balaban J connectivity index is 0.00000112. The number of rotatable bonds is 2. The molecule has 82 valence electrons. The molecule has 0 atom stereocenters. The third-order valence-electron chi connectivity index (χ3n) is 2.27. The molecule has 2 nitrogen and oxygen atoms in total. The second-order valence-electron chi connectivity index (χ2n) is 3.33. The van der Waals surface area contributed by atoms with Crippen LogP contribution >= 0.6 is 28.7 Å². The van der Waals surface area contributed by atoms with Crippen molar-refractivity contribution in [2.75, 3.05) is 13.1 Å². The molecule has 0 bridgehead atoms. The highest BCUT2D eigenvalue weighted by atomic mass is 79.9. The number of hydrogen-bond acceptors (Lipinski definition) is 3. The van der Waals surface area contributed by atoms with Crippen molar-refractivity contribution >= 4 is 33.9 Å². The van der Waals surface area contributed by atoms with Crippen LogP contribution in [0.2, 0.25) is 0 Å². The molecule has 2 rings (SSSR count). The molecule has 1 aliphatic rings. The molecule has 1 aromatic carbocycles. The summed E-state index contributed by atoms with van der Waals surface area (Å²) in [6.07, 6.45) is 0. The maximum absolute atomic E-state index is 4.35. The number of hydrogen-bond donors (Lipinski definition) is 1. The number of thioether (sulfide) groups is 1. The average Bonchev–Trinajstić information content (AvgIpc) is 2.69. The number of amidine groups is 1. The fraction of sp³-hybridized carbons (Fsp3) is 0.364. The van der Waals surface area contributed by atoms with Crippen LogP contribution in [0.25, 0.3) is 0 Å². The Morgan fingerprint density at radius 1 is 1.40 bits per heavy atom. The first-order valence-corrected chi connectivity index (χ1v) is 5.80. The largest absolute Gasteiger partial charge is 0.363 e. The minimum Gasteiger partial charge on any atom is -0.363 e. The summed E-state index contributed by atoms with van der Waals surface area (Å²) in [6, 6.07) is 8.50. The fourth-order valence-electron chi connectivity index (χ4n) is 1.39.